The van der Waals surface area contributed by atoms with E-state index in [-0.39, 0.29) is 18.0 Å². The molecular weight excluding hydrogens is 385 g/mol. The first-order chi connectivity index (χ1) is 14.5. The van der Waals surface area contributed by atoms with E-state index in [4.69, 9.17) is 4.74 Å². The second-order valence-corrected chi connectivity index (χ2v) is 6.59. The number of halogens is 1. The van der Waals surface area contributed by atoms with Crippen molar-refractivity contribution in [1.29, 1.82) is 0 Å². The number of ether oxygens (including phenoxy) is 1. The van der Waals surface area contributed by atoms with E-state index in [0.29, 0.717) is 16.8 Å². The van der Waals surface area contributed by atoms with Crippen molar-refractivity contribution in [3.05, 3.63) is 102 Å². The van der Waals surface area contributed by atoms with Crippen molar-refractivity contribution in [2.45, 2.75) is 12.5 Å². The normalized spacial score (nSPS) is 11.4. The molecule has 3 aromatic carbocycles. The maximum atomic E-state index is 13.2. The fourth-order valence-electron chi connectivity index (χ4n) is 2.81. The quantitative estimate of drug-likeness (QED) is 0.424. The number of Topliss-reactive ketones (excluding diaryl/α,β-unsaturated/α-hetero) is 2. The lowest BCUT2D eigenvalue weighted by molar-refractivity contribution is -0.143. The Kier molecular flexibility index (Phi) is 7.05. The van der Waals surface area contributed by atoms with Crippen molar-refractivity contribution >= 4 is 23.2 Å². The van der Waals surface area contributed by atoms with Gasteiger partial charge in [-0.1, -0.05) is 60.7 Å². The highest BCUT2D eigenvalue weighted by molar-refractivity contribution is 6.01. The van der Waals surface area contributed by atoms with Gasteiger partial charge in [-0.25, -0.2) is 9.18 Å². The first-order valence-electron chi connectivity index (χ1n) is 9.38. The molecule has 0 amide bonds. The first kappa shape index (κ1) is 20.9. The van der Waals surface area contributed by atoms with Crippen LogP contribution in [0, 0.1) is 5.82 Å². The van der Waals surface area contributed by atoms with Gasteiger partial charge in [-0.15, -0.1) is 0 Å². The maximum absolute atomic E-state index is 13.2. The molecule has 0 radical (unpaired) electrons. The van der Waals surface area contributed by atoms with Gasteiger partial charge in [0.05, 0.1) is 0 Å². The van der Waals surface area contributed by atoms with E-state index in [1.54, 1.807) is 60.7 Å². The smallest absolute Gasteiger partial charge is 0.329 e. The Bertz CT molecular complexity index is 1000. The van der Waals surface area contributed by atoms with Gasteiger partial charge in [-0.05, 0) is 24.3 Å². The van der Waals surface area contributed by atoms with Crippen molar-refractivity contribution in [3.8, 4) is 0 Å². The van der Waals surface area contributed by atoms with Crippen LogP contribution in [0.4, 0.5) is 10.1 Å². The molecule has 3 rings (SSSR count). The van der Waals surface area contributed by atoms with E-state index < -0.39 is 24.4 Å². The second-order valence-electron chi connectivity index (χ2n) is 6.59. The second kappa shape index (κ2) is 10.1. The van der Waals surface area contributed by atoms with Crippen molar-refractivity contribution in [3.63, 3.8) is 0 Å². The molecule has 0 aliphatic heterocycles. The van der Waals surface area contributed by atoms with Crippen LogP contribution < -0.4 is 5.32 Å². The van der Waals surface area contributed by atoms with Gasteiger partial charge in [0.1, 0.15) is 11.9 Å². The average Bonchev–Trinajstić information content (AvgIpc) is 2.79. The number of nitrogens with one attached hydrogen (secondary N) is 1. The summed E-state index contributed by atoms with van der Waals surface area (Å²) in [4.78, 5) is 37.4. The van der Waals surface area contributed by atoms with Gasteiger partial charge in [0.2, 0.25) is 0 Å². The summed E-state index contributed by atoms with van der Waals surface area (Å²) in [5.74, 6) is -1.78. The monoisotopic (exact) mass is 405 g/mol. The standard InChI is InChI=1S/C24H20FNO4/c25-19-11-13-20(14-12-19)26-21(15-22(27)17-7-3-1-4-8-17)24(29)30-16-23(28)18-9-5-2-6-10-18/h1-14,21,26H,15-16H2/t21-/m1/s1. The van der Waals surface area contributed by atoms with Crippen molar-refractivity contribution < 1.29 is 23.5 Å². The number of ketones is 2. The Morgan fingerprint density at radius 3 is 1.87 bits per heavy atom. The number of hydrogen-bond acceptors (Lipinski definition) is 5. The lowest BCUT2D eigenvalue weighted by Crippen LogP contribution is -2.34. The van der Waals surface area contributed by atoms with Crippen LogP contribution in [0.5, 0.6) is 0 Å². The predicted octanol–water partition coefficient (Wildman–Crippen LogP) is 4.31. The highest BCUT2D eigenvalue weighted by Gasteiger charge is 2.25. The topological polar surface area (TPSA) is 72.5 Å². The molecule has 0 unspecified atom stereocenters. The third-order valence-electron chi connectivity index (χ3n) is 4.40. The fourth-order valence-corrected chi connectivity index (χ4v) is 2.81. The number of benzene rings is 3. The largest absolute Gasteiger partial charge is 0.456 e. The van der Waals surface area contributed by atoms with Crippen LogP contribution in [-0.4, -0.2) is 30.2 Å². The number of carbonyl (C=O) groups is 3. The van der Waals surface area contributed by atoms with E-state index in [0.717, 1.165) is 0 Å². The number of rotatable bonds is 9. The third-order valence-corrected chi connectivity index (χ3v) is 4.40. The van der Waals surface area contributed by atoms with Gasteiger partial charge in [0.15, 0.2) is 18.2 Å². The molecule has 0 aromatic heterocycles. The van der Waals surface area contributed by atoms with Crippen LogP contribution in [0.25, 0.3) is 0 Å². The van der Waals surface area contributed by atoms with Gasteiger partial charge in [-0.3, -0.25) is 9.59 Å². The zero-order valence-corrected chi connectivity index (χ0v) is 16.1. The zero-order chi connectivity index (χ0) is 21.3. The maximum Gasteiger partial charge on any atom is 0.329 e. The molecule has 1 atom stereocenters. The van der Waals surface area contributed by atoms with Crippen LogP contribution in [0.3, 0.4) is 0 Å². The Hall–Kier alpha value is -3.80. The molecule has 152 valence electrons. The van der Waals surface area contributed by atoms with Gasteiger partial charge in [-0.2, -0.15) is 0 Å². The van der Waals surface area contributed by atoms with E-state index in [1.807, 2.05) is 0 Å². The molecule has 0 bridgehead atoms. The summed E-state index contributed by atoms with van der Waals surface area (Å²) in [5.41, 5.74) is 1.33. The molecule has 0 fully saturated rings. The van der Waals surface area contributed by atoms with Crippen molar-refractivity contribution in [2.75, 3.05) is 11.9 Å². The molecule has 6 heteroatoms. The lowest BCUT2D eigenvalue weighted by atomic mass is 10.0. The van der Waals surface area contributed by atoms with Crippen LogP contribution >= 0.6 is 0 Å². The van der Waals surface area contributed by atoms with Gasteiger partial charge < -0.3 is 10.1 Å². The van der Waals surface area contributed by atoms with Crippen LogP contribution in [-0.2, 0) is 9.53 Å². The summed E-state index contributed by atoms with van der Waals surface area (Å²) >= 11 is 0. The summed E-state index contributed by atoms with van der Waals surface area (Å²) in [6, 6.07) is 21.4. The highest BCUT2D eigenvalue weighted by atomic mass is 19.1. The summed E-state index contributed by atoms with van der Waals surface area (Å²) < 4.78 is 18.3. The molecule has 0 spiro atoms. The van der Waals surface area contributed by atoms with E-state index in [9.17, 15) is 18.8 Å². The number of esters is 1. The molecule has 0 heterocycles. The molecule has 3 aromatic rings. The van der Waals surface area contributed by atoms with E-state index >= 15 is 0 Å². The molecule has 30 heavy (non-hydrogen) atoms. The Balaban J connectivity index is 1.70. The number of hydrogen-bond donors (Lipinski definition) is 1. The molecule has 0 aliphatic carbocycles. The molecule has 0 saturated heterocycles. The Morgan fingerprint density at radius 2 is 1.30 bits per heavy atom. The van der Waals surface area contributed by atoms with Crippen LogP contribution in [0.1, 0.15) is 27.1 Å². The first-order valence-corrected chi connectivity index (χ1v) is 9.38. The summed E-state index contributed by atoms with van der Waals surface area (Å²) in [6.45, 7) is -0.441. The Labute approximate surface area is 173 Å². The minimum absolute atomic E-state index is 0.181. The van der Waals surface area contributed by atoms with Gasteiger partial charge in [0.25, 0.3) is 0 Å². The zero-order valence-electron chi connectivity index (χ0n) is 16.1. The molecule has 5 nitrogen and oxygen atoms in total. The summed E-state index contributed by atoms with van der Waals surface area (Å²) in [6.07, 6.45) is -0.181. The van der Waals surface area contributed by atoms with E-state index in [1.165, 1.54) is 24.3 Å². The average molecular weight is 405 g/mol. The summed E-state index contributed by atoms with van der Waals surface area (Å²) in [7, 11) is 0. The van der Waals surface area contributed by atoms with Gasteiger partial charge >= 0.3 is 5.97 Å². The predicted molar refractivity (Wildman–Crippen MR) is 111 cm³/mol. The highest BCUT2D eigenvalue weighted by Crippen LogP contribution is 2.15. The minimum atomic E-state index is -1.04. The van der Waals surface area contributed by atoms with Crippen molar-refractivity contribution in [1.82, 2.24) is 0 Å². The summed E-state index contributed by atoms with van der Waals surface area (Å²) in [5, 5.41) is 2.90. The number of carbonyl (C=O) groups excluding carboxylic acids is 3. The number of anilines is 1. The van der Waals surface area contributed by atoms with Crippen molar-refractivity contribution in [2.24, 2.45) is 0 Å². The molecule has 0 saturated carbocycles. The van der Waals surface area contributed by atoms with E-state index in [2.05, 4.69) is 5.32 Å². The third kappa shape index (κ3) is 5.85. The molecule has 1 N–H and O–H groups in total. The molecular formula is C24H20FNO4. The Morgan fingerprint density at radius 1 is 0.767 bits per heavy atom. The fraction of sp³-hybridized carbons (Fsp3) is 0.125. The SMILES string of the molecule is O=C(COC(=O)[C@@H](CC(=O)c1ccccc1)Nc1ccc(F)cc1)c1ccccc1. The minimum Gasteiger partial charge on any atom is -0.456 e. The molecule has 0 aliphatic rings. The lowest BCUT2D eigenvalue weighted by Gasteiger charge is -2.18. The van der Waals surface area contributed by atoms with Crippen LogP contribution in [0.15, 0.2) is 84.9 Å². The van der Waals surface area contributed by atoms with Gasteiger partial charge in [0, 0.05) is 23.2 Å². The van der Waals surface area contributed by atoms with Crippen LogP contribution in [0.2, 0.25) is 0 Å².